The minimum Gasteiger partial charge on any atom is -0.507 e. The Morgan fingerprint density at radius 3 is 2.56 bits per heavy atom. The number of ether oxygens (including phenoxy) is 1. The lowest BCUT2D eigenvalue weighted by Gasteiger charge is -2.24. The Bertz CT molecular complexity index is 1200. The standard InChI is InChI=1S/C27H26FNO4S/c1-17(2)16-33-21-6-3-5-19(15-21)25(30)23-24(22-7-4-14-34-22)29(27(32)26(23)31)13-12-18-8-10-20(28)11-9-18/h3-11,14-15,17,24,30H,12-13,16H2,1-2H3/b25-23-. The van der Waals surface area contributed by atoms with Gasteiger partial charge in [0, 0.05) is 17.0 Å². The lowest BCUT2D eigenvalue weighted by molar-refractivity contribution is -0.139. The lowest BCUT2D eigenvalue weighted by Crippen LogP contribution is -2.31. The Labute approximate surface area is 202 Å². The smallest absolute Gasteiger partial charge is 0.295 e. The summed E-state index contributed by atoms with van der Waals surface area (Å²) in [6.07, 6.45) is 0.452. The highest BCUT2D eigenvalue weighted by Crippen LogP contribution is 2.41. The summed E-state index contributed by atoms with van der Waals surface area (Å²) < 4.78 is 19.0. The van der Waals surface area contributed by atoms with Gasteiger partial charge in [-0.1, -0.05) is 44.2 Å². The maximum absolute atomic E-state index is 13.3. The Morgan fingerprint density at radius 2 is 1.88 bits per heavy atom. The maximum Gasteiger partial charge on any atom is 0.295 e. The molecule has 2 aromatic carbocycles. The molecule has 1 aromatic heterocycles. The summed E-state index contributed by atoms with van der Waals surface area (Å²) in [6, 6.07) is 16.0. The van der Waals surface area contributed by atoms with Crippen molar-refractivity contribution in [3.63, 3.8) is 0 Å². The van der Waals surface area contributed by atoms with Crippen LogP contribution in [0, 0.1) is 11.7 Å². The van der Waals surface area contributed by atoms with Crippen LogP contribution in [0.15, 0.2) is 71.6 Å². The number of benzene rings is 2. The van der Waals surface area contributed by atoms with Crippen molar-refractivity contribution in [2.75, 3.05) is 13.2 Å². The van der Waals surface area contributed by atoms with Gasteiger partial charge in [0.25, 0.3) is 11.7 Å². The van der Waals surface area contributed by atoms with Crippen LogP contribution in [0.3, 0.4) is 0 Å². The molecule has 0 bridgehead atoms. The van der Waals surface area contributed by atoms with Gasteiger partial charge in [-0.05, 0) is 53.6 Å². The number of halogens is 1. The molecular weight excluding hydrogens is 453 g/mol. The van der Waals surface area contributed by atoms with Crippen LogP contribution in [0.25, 0.3) is 5.76 Å². The fourth-order valence-electron chi connectivity index (χ4n) is 3.91. The average molecular weight is 480 g/mol. The molecule has 0 saturated carbocycles. The number of carbonyl (C=O) groups excluding carboxylic acids is 2. The van der Waals surface area contributed by atoms with Gasteiger partial charge in [0.2, 0.25) is 0 Å². The largest absolute Gasteiger partial charge is 0.507 e. The van der Waals surface area contributed by atoms with Crippen molar-refractivity contribution in [1.29, 1.82) is 0 Å². The van der Waals surface area contributed by atoms with E-state index >= 15 is 0 Å². The van der Waals surface area contributed by atoms with E-state index in [9.17, 15) is 19.1 Å². The molecule has 1 N–H and O–H groups in total. The summed E-state index contributed by atoms with van der Waals surface area (Å²) in [6.45, 7) is 4.86. The third kappa shape index (κ3) is 5.04. The van der Waals surface area contributed by atoms with Crippen molar-refractivity contribution in [3.8, 4) is 5.75 Å². The molecular formula is C27H26FNO4S. The van der Waals surface area contributed by atoms with Crippen LogP contribution in [-0.2, 0) is 16.0 Å². The van der Waals surface area contributed by atoms with Crippen molar-refractivity contribution in [3.05, 3.63) is 93.4 Å². The summed E-state index contributed by atoms with van der Waals surface area (Å²) >= 11 is 1.42. The monoisotopic (exact) mass is 479 g/mol. The number of rotatable bonds is 8. The number of aliphatic hydroxyl groups excluding tert-OH is 1. The SMILES string of the molecule is CC(C)COc1cccc(/C(O)=C2/C(=O)C(=O)N(CCc3ccc(F)cc3)C2c2cccs2)c1. The van der Waals surface area contributed by atoms with E-state index in [1.54, 1.807) is 36.4 Å². The molecule has 5 nitrogen and oxygen atoms in total. The number of Topliss-reactive ketones (excluding diaryl/α,β-unsaturated/α-hetero) is 1. The molecule has 1 aliphatic rings. The summed E-state index contributed by atoms with van der Waals surface area (Å²) in [5, 5.41) is 13.1. The van der Waals surface area contributed by atoms with E-state index in [1.165, 1.54) is 28.4 Å². The molecule has 1 aliphatic heterocycles. The molecule has 2 heterocycles. The Morgan fingerprint density at radius 1 is 1.12 bits per heavy atom. The summed E-state index contributed by atoms with van der Waals surface area (Å²) in [5.41, 5.74) is 1.33. The average Bonchev–Trinajstić information content (AvgIpc) is 3.44. The second-order valence-electron chi connectivity index (χ2n) is 8.62. The van der Waals surface area contributed by atoms with Gasteiger partial charge in [-0.25, -0.2) is 4.39 Å². The van der Waals surface area contributed by atoms with E-state index in [-0.39, 0.29) is 23.7 Å². The Kier molecular flexibility index (Phi) is 7.12. The zero-order valence-electron chi connectivity index (χ0n) is 19.0. The number of hydrogen-bond acceptors (Lipinski definition) is 5. The van der Waals surface area contributed by atoms with Crippen LogP contribution in [0.2, 0.25) is 0 Å². The van der Waals surface area contributed by atoms with Crippen molar-refractivity contribution >= 4 is 28.8 Å². The van der Waals surface area contributed by atoms with E-state index in [2.05, 4.69) is 0 Å². The normalized spacial score (nSPS) is 17.5. The molecule has 7 heteroatoms. The molecule has 0 spiro atoms. The van der Waals surface area contributed by atoms with E-state index in [0.29, 0.717) is 30.3 Å². The number of thiophene rings is 1. The first-order valence-electron chi connectivity index (χ1n) is 11.1. The number of likely N-dealkylation sites (tertiary alicyclic amines) is 1. The molecule has 0 radical (unpaired) electrons. The number of ketones is 1. The quantitative estimate of drug-likeness (QED) is 0.260. The summed E-state index contributed by atoms with van der Waals surface area (Å²) in [7, 11) is 0. The third-order valence-corrected chi connectivity index (χ3v) is 6.52. The molecule has 0 aliphatic carbocycles. The highest BCUT2D eigenvalue weighted by atomic mass is 32.1. The molecule has 1 saturated heterocycles. The molecule has 34 heavy (non-hydrogen) atoms. The van der Waals surface area contributed by atoms with Gasteiger partial charge in [-0.15, -0.1) is 11.3 Å². The van der Waals surface area contributed by atoms with E-state index in [1.807, 2.05) is 31.4 Å². The fourth-order valence-corrected chi connectivity index (χ4v) is 4.75. The minimum atomic E-state index is -0.719. The van der Waals surface area contributed by atoms with Crippen molar-refractivity contribution in [1.82, 2.24) is 4.90 Å². The molecule has 1 atom stereocenters. The second-order valence-corrected chi connectivity index (χ2v) is 9.60. The number of nitrogens with zero attached hydrogens (tertiary/aromatic N) is 1. The van der Waals surface area contributed by atoms with Gasteiger partial charge in [-0.3, -0.25) is 9.59 Å². The molecule has 4 rings (SSSR count). The van der Waals surface area contributed by atoms with Crippen LogP contribution in [-0.4, -0.2) is 34.8 Å². The van der Waals surface area contributed by atoms with Gasteiger partial charge < -0.3 is 14.7 Å². The lowest BCUT2D eigenvalue weighted by atomic mass is 9.99. The van der Waals surface area contributed by atoms with Crippen LogP contribution in [0.4, 0.5) is 4.39 Å². The third-order valence-electron chi connectivity index (χ3n) is 5.60. The van der Waals surface area contributed by atoms with Crippen molar-refractivity contribution in [2.45, 2.75) is 26.3 Å². The molecule has 1 amide bonds. The van der Waals surface area contributed by atoms with Crippen LogP contribution in [0.5, 0.6) is 5.75 Å². The fraction of sp³-hybridized carbons (Fsp3) is 0.259. The molecule has 1 unspecified atom stereocenters. The Hall–Kier alpha value is -3.45. The van der Waals surface area contributed by atoms with Gasteiger partial charge in [0.1, 0.15) is 17.3 Å². The van der Waals surface area contributed by atoms with Gasteiger partial charge in [0.15, 0.2) is 0 Å². The number of amides is 1. The first-order chi connectivity index (χ1) is 16.3. The van der Waals surface area contributed by atoms with Crippen LogP contribution < -0.4 is 4.74 Å². The number of carbonyl (C=O) groups is 2. The predicted octanol–water partition coefficient (Wildman–Crippen LogP) is 5.59. The van der Waals surface area contributed by atoms with Gasteiger partial charge in [-0.2, -0.15) is 0 Å². The Balaban J connectivity index is 1.68. The first-order valence-corrected chi connectivity index (χ1v) is 12.0. The predicted molar refractivity (Wildman–Crippen MR) is 130 cm³/mol. The number of hydrogen-bond donors (Lipinski definition) is 1. The molecule has 1 fully saturated rings. The van der Waals surface area contributed by atoms with Gasteiger partial charge in [0.05, 0.1) is 18.2 Å². The van der Waals surface area contributed by atoms with Crippen LogP contribution in [0.1, 0.15) is 35.9 Å². The highest BCUT2D eigenvalue weighted by Gasteiger charge is 2.46. The number of aliphatic hydroxyl groups is 1. The van der Waals surface area contributed by atoms with E-state index in [0.717, 1.165) is 10.4 Å². The van der Waals surface area contributed by atoms with Gasteiger partial charge >= 0.3 is 0 Å². The van der Waals surface area contributed by atoms with Crippen molar-refractivity contribution < 1.29 is 23.8 Å². The van der Waals surface area contributed by atoms with Crippen LogP contribution >= 0.6 is 11.3 Å². The maximum atomic E-state index is 13.3. The van der Waals surface area contributed by atoms with E-state index in [4.69, 9.17) is 4.74 Å². The molecule has 3 aromatic rings. The second kappa shape index (κ2) is 10.2. The summed E-state index contributed by atoms with van der Waals surface area (Å²) in [4.78, 5) is 28.4. The minimum absolute atomic E-state index is 0.0626. The van der Waals surface area contributed by atoms with E-state index < -0.39 is 17.7 Å². The topological polar surface area (TPSA) is 66.8 Å². The highest BCUT2D eigenvalue weighted by molar-refractivity contribution is 7.10. The zero-order valence-corrected chi connectivity index (χ0v) is 19.8. The summed E-state index contributed by atoms with van der Waals surface area (Å²) in [5.74, 6) is -1.02. The van der Waals surface area contributed by atoms with Crippen molar-refractivity contribution in [2.24, 2.45) is 5.92 Å². The molecule has 176 valence electrons. The zero-order chi connectivity index (χ0) is 24.2. The first kappa shape index (κ1) is 23.7.